The van der Waals surface area contributed by atoms with E-state index in [1.54, 1.807) is 11.8 Å². The lowest BCUT2D eigenvalue weighted by molar-refractivity contribution is 0.0599. The van der Waals surface area contributed by atoms with Crippen molar-refractivity contribution in [3.63, 3.8) is 0 Å². The maximum Gasteiger partial charge on any atom is 0.338 e. The molecule has 0 heterocycles. The lowest BCUT2D eigenvalue weighted by Gasteiger charge is -2.10. The summed E-state index contributed by atoms with van der Waals surface area (Å²) in [6.07, 6.45) is 9.58. The summed E-state index contributed by atoms with van der Waals surface area (Å²) in [5.74, 6) is -0.271. The molecule has 0 atom stereocenters. The highest BCUT2D eigenvalue weighted by Gasteiger charge is 2.19. The number of allylic oxidation sites excluding steroid dienone is 2. The van der Waals surface area contributed by atoms with Gasteiger partial charge < -0.3 is 4.74 Å². The Balaban J connectivity index is 2.08. The average Bonchev–Trinajstić information content (AvgIpc) is 3.03. The summed E-state index contributed by atoms with van der Waals surface area (Å²) in [4.78, 5) is 13.4. The number of methoxy groups -OCH3 is 1. The summed E-state index contributed by atoms with van der Waals surface area (Å²) in [5.41, 5.74) is 7.90. The molecule has 2 aromatic carbocycles. The number of carbonyl (C=O) groups is 1. The summed E-state index contributed by atoms with van der Waals surface area (Å²) in [5, 5.41) is 0. The molecule has 0 aromatic heterocycles. The predicted octanol–water partition coefficient (Wildman–Crippen LogP) is 6.50. The van der Waals surface area contributed by atoms with Crippen LogP contribution in [-0.4, -0.2) is 19.3 Å². The number of ether oxygens (including phenoxy) is 1. The first-order valence-electron chi connectivity index (χ1n) is 9.43. The Labute approximate surface area is 166 Å². The number of benzene rings is 2. The van der Waals surface area contributed by atoms with E-state index in [9.17, 15) is 4.79 Å². The Bertz CT molecular complexity index is 922. The van der Waals surface area contributed by atoms with Crippen LogP contribution in [0.5, 0.6) is 0 Å². The first-order valence-corrected chi connectivity index (χ1v) is 10.7. The number of fused-ring (bicyclic) bond motifs is 1. The number of aryl methyl sites for hydroxylation is 1. The Hall–Kier alpha value is -2.26. The number of thioether (sulfide) groups is 1. The van der Waals surface area contributed by atoms with Gasteiger partial charge in [0.2, 0.25) is 0 Å². The molecule has 0 saturated heterocycles. The van der Waals surface area contributed by atoms with E-state index in [4.69, 9.17) is 4.74 Å². The minimum atomic E-state index is -0.271. The van der Waals surface area contributed by atoms with Crippen molar-refractivity contribution in [2.24, 2.45) is 0 Å². The molecule has 2 aromatic rings. The SMILES string of the molecule is CCCC1=Cc2cc(SC)ccc2C1=Cc1ccc(CC)c(C(=O)OC)c1. The van der Waals surface area contributed by atoms with Gasteiger partial charge in [0, 0.05) is 4.90 Å². The Morgan fingerprint density at radius 3 is 2.63 bits per heavy atom. The van der Waals surface area contributed by atoms with Gasteiger partial charge in [-0.15, -0.1) is 11.8 Å². The van der Waals surface area contributed by atoms with Gasteiger partial charge in [0.1, 0.15) is 0 Å². The van der Waals surface area contributed by atoms with Crippen LogP contribution in [0.4, 0.5) is 0 Å². The van der Waals surface area contributed by atoms with Gasteiger partial charge >= 0.3 is 5.97 Å². The van der Waals surface area contributed by atoms with E-state index in [-0.39, 0.29) is 5.97 Å². The molecule has 27 heavy (non-hydrogen) atoms. The highest BCUT2D eigenvalue weighted by atomic mass is 32.2. The van der Waals surface area contributed by atoms with Crippen molar-refractivity contribution >= 4 is 35.5 Å². The largest absolute Gasteiger partial charge is 0.465 e. The van der Waals surface area contributed by atoms with E-state index >= 15 is 0 Å². The van der Waals surface area contributed by atoms with Gasteiger partial charge in [0.15, 0.2) is 0 Å². The molecule has 0 radical (unpaired) electrons. The third-order valence-corrected chi connectivity index (χ3v) is 5.70. The van der Waals surface area contributed by atoms with Crippen LogP contribution < -0.4 is 0 Å². The fourth-order valence-electron chi connectivity index (χ4n) is 3.58. The number of hydrogen-bond acceptors (Lipinski definition) is 3. The molecule has 0 fully saturated rings. The van der Waals surface area contributed by atoms with Crippen LogP contribution in [0.15, 0.2) is 46.9 Å². The molecule has 140 valence electrons. The summed E-state index contributed by atoms with van der Waals surface area (Å²) in [6.45, 7) is 4.26. The topological polar surface area (TPSA) is 26.3 Å². The minimum Gasteiger partial charge on any atom is -0.465 e. The smallest absolute Gasteiger partial charge is 0.338 e. The number of rotatable bonds is 6. The molecule has 0 bridgehead atoms. The van der Waals surface area contributed by atoms with E-state index in [1.165, 1.54) is 34.3 Å². The molecule has 1 aliphatic carbocycles. The zero-order chi connectivity index (χ0) is 19.4. The molecule has 3 rings (SSSR count). The Kier molecular flexibility index (Phi) is 6.22. The first kappa shape index (κ1) is 19.5. The van der Waals surface area contributed by atoms with Gasteiger partial charge in [-0.25, -0.2) is 4.79 Å². The fraction of sp³-hybridized carbons (Fsp3) is 0.292. The summed E-state index contributed by atoms with van der Waals surface area (Å²) in [6, 6.07) is 12.7. The Morgan fingerprint density at radius 2 is 1.96 bits per heavy atom. The van der Waals surface area contributed by atoms with Gasteiger partial charge in [0.05, 0.1) is 12.7 Å². The van der Waals surface area contributed by atoms with Crippen molar-refractivity contribution < 1.29 is 9.53 Å². The highest BCUT2D eigenvalue weighted by molar-refractivity contribution is 7.98. The van der Waals surface area contributed by atoms with E-state index in [2.05, 4.69) is 56.5 Å². The zero-order valence-corrected chi connectivity index (χ0v) is 17.3. The summed E-state index contributed by atoms with van der Waals surface area (Å²) >= 11 is 1.77. The quantitative estimate of drug-likeness (QED) is 0.424. The van der Waals surface area contributed by atoms with Crippen LogP contribution in [0.25, 0.3) is 17.7 Å². The van der Waals surface area contributed by atoms with Crippen molar-refractivity contribution in [3.05, 3.63) is 69.8 Å². The number of hydrogen-bond donors (Lipinski definition) is 0. The third-order valence-electron chi connectivity index (χ3n) is 4.98. The van der Waals surface area contributed by atoms with Crippen molar-refractivity contribution in [1.82, 2.24) is 0 Å². The van der Waals surface area contributed by atoms with Gasteiger partial charge in [-0.2, -0.15) is 0 Å². The third kappa shape index (κ3) is 4.03. The van der Waals surface area contributed by atoms with Crippen LogP contribution in [0.3, 0.4) is 0 Å². The highest BCUT2D eigenvalue weighted by Crippen LogP contribution is 2.40. The maximum atomic E-state index is 12.2. The standard InChI is InChI=1S/C24H26O2S/c1-5-7-18-14-19-15-20(27-4)10-11-21(19)22(18)12-16-8-9-17(6-2)23(13-16)24(25)26-3/h8-15H,5-7H2,1-4H3. The second-order valence-electron chi connectivity index (χ2n) is 6.69. The second kappa shape index (κ2) is 8.62. The lowest BCUT2D eigenvalue weighted by atomic mass is 9.95. The van der Waals surface area contributed by atoms with Crippen molar-refractivity contribution in [3.8, 4) is 0 Å². The Morgan fingerprint density at radius 1 is 1.15 bits per heavy atom. The van der Waals surface area contributed by atoms with Gasteiger partial charge in [-0.3, -0.25) is 0 Å². The molecule has 0 unspecified atom stereocenters. The van der Waals surface area contributed by atoms with E-state index in [1.807, 2.05) is 12.1 Å². The van der Waals surface area contributed by atoms with E-state index in [0.717, 1.165) is 30.4 Å². The first-order chi connectivity index (χ1) is 13.1. The van der Waals surface area contributed by atoms with Crippen LogP contribution in [0, 0.1) is 0 Å². The fourth-order valence-corrected chi connectivity index (χ4v) is 4.03. The molecule has 3 heteroatoms. The maximum absolute atomic E-state index is 12.2. The van der Waals surface area contributed by atoms with Gasteiger partial charge in [-0.1, -0.05) is 44.5 Å². The van der Waals surface area contributed by atoms with Gasteiger partial charge in [0.25, 0.3) is 0 Å². The van der Waals surface area contributed by atoms with Crippen LogP contribution in [0.2, 0.25) is 0 Å². The predicted molar refractivity (Wildman–Crippen MR) is 116 cm³/mol. The van der Waals surface area contributed by atoms with Crippen LogP contribution >= 0.6 is 11.8 Å². The molecular weight excluding hydrogens is 352 g/mol. The zero-order valence-electron chi connectivity index (χ0n) is 16.5. The number of esters is 1. The molecular formula is C24H26O2S. The van der Waals surface area contributed by atoms with E-state index in [0.29, 0.717) is 5.56 Å². The summed E-state index contributed by atoms with van der Waals surface area (Å²) < 4.78 is 4.97. The van der Waals surface area contributed by atoms with E-state index < -0.39 is 0 Å². The number of carbonyl (C=O) groups excluding carboxylic acids is 1. The normalized spacial score (nSPS) is 14.2. The molecule has 0 amide bonds. The minimum absolute atomic E-state index is 0.271. The molecule has 0 aliphatic heterocycles. The molecule has 2 nitrogen and oxygen atoms in total. The lowest BCUT2D eigenvalue weighted by Crippen LogP contribution is -2.05. The second-order valence-corrected chi connectivity index (χ2v) is 7.57. The van der Waals surface area contributed by atoms with Crippen molar-refractivity contribution in [2.45, 2.75) is 38.0 Å². The molecule has 0 saturated carbocycles. The molecule has 1 aliphatic rings. The monoisotopic (exact) mass is 378 g/mol. The van der Waals surface area contributed by atoms with Crippen LogP contribution in [0.1, 0.15) is 59.3 Å². The average molecular weight is 379 g/mol. The van der Waals surface area contributed by atoms with Gasteiger partial charge in [-0.05, 0) is 76.8 Å². The van der Waals surface area contributed by atoms with Crippen molar-refractivity contribution in [1.29, 1.82) is 0 Å². The van der Waals surface area contributed by atoms with Crippen LogP contribution in [-0.2, 0) is 11.2 Å². The molecule has 0 spiro atoms. The summed E-state index contributed by atoms with van der Waals surface area (Å²) in [7, 11) is 1.44. The molecule has 0 N–H and O–H groups in total. The van der Waals surface area contributed by atoms with Crippen molar-refractivity contribution in [2.75, 3.05) is 13.4 Å².